The van der Waals surface area contributed by atoms with Crippen LogP contribution in [0.3, 0.4) is 0 Å². The van der Waals surface area contributed by atoms with Gasteiger partial charge in [-0.1, -0.05) is 12.1 Å². The molecule has 2 aromatic rings. The molecular weight excluding hydrogens is 188 g/mol. The van der Waals surface area contributed by atoms with Crippen LogP contribution in [0.2, 0.25) is 0 Å². The van der Waals surface area contributed by atoms with Gasteiger partial charge < -0.3 is 9.73 Å². The van der Waals surface area contributed by atoms with Crippen molar-refractivity contribution in [3.8, 4) is 0 Å². The number of hydrogen-bond acceptors (Lipinski definition) is 3. The third kappa shape index (κ3) is 1.63. The summed E-state index contributed by atoms with van der Waals surface area (Å²) in [5, 5.41) is 3.38. The number of aromatic nitrogens is 1. The normalized spacial score (nSPS) is 22.0. The first kappa shape index (κ1) is 8.92. The van der Waals surface area contributed by atoms with Crippen molar-refractivity contribution in [3.63, 3.8) is 0 Å². The summed E-state index contributed by atoms with van der Waals surface area (Å²) < 4.78 is 5.76. The standard InChI is InChI=1S/C12H14N2O/c1-2-6-11-10(5-1)14-12(15-11)9-4-3-7-13-8-9/h1-2,5-6,9,13H,3-4,7-8H2/t9-/m0/s1. The zero-order chi connectivity index (χ0) is 10.1. The summed E-state index contributed by atoms with van der Waals surface area (Å²) in [7, 11) is 0. The van der Waals surface area contributed by atoms with Crippen LogP contribution in [-0.2, 0) is 0 Å². The molecule has 0 radical (unpaired) electrons. The molecule has 1 aliphatic heterocycles. The number of rotatable bonds is 1. The molecule has 0 spiro atoms. The van der Waals surface area contributed by atoms with Gasteiger partial charge in [0.05, 0.1) is 0 Å². The number of piperidine rings is 1. The monoisotopic (exact) mass is 202 g/mol. The zero-order valence-corrected chi connectivity index (χ0v) is 8.57. The van der Waals surface area contributed by atoms with E-state index in [0.29, 0.717) is 5.92 Å². The summed E-state index contributed by atoms with van der Waals surface area (Å²) >= 11 is 0. The van der Waals surface area contributed by atoms with Gasteiger partial charge in [-0.2, -0.15) is 0 Å². The van der Waals surface area contributed by atoms with Crippen LogP contribution in [0.25, 0.3) is 11.1 Å². The van der Waals surface area contributed by atoms with Crippen LogP contribution in [-0.4, -0.2) is 18.1 Å². The maximum atomic E-state index is 5.76. The second-order valence-electron chi connectivity index (χ2n) is 4.06. The van der Waals surface area contributed by atoms with E-state index in [1.165, 1.54) is 12.8 Å². The van der Waals surface area contributed by atoms with Crippen LogP contribution < -0.4 is 5.32 Å². The molecule has 1 fully saturated rings. The Bertz CT molecular complexity index is 424. The van der Waals surface area contributed by atoms with E-state index in [0.717, 1.165) is 30.1 Å². The molecule has 0 amide bonds. The third-order valence-electron chi connectivity index (χ3n) is 2.96. The molecule has 1 aliphatic rings. The van der Waals surface area contributed by atoms with Crippen molar-refractivity contribution in [1.29, 1.82) is 0 Å². The average Bonchev–Trinajstić information content (AvgIpc) is 2.74. The Balaban J connectivity index is 1.96. The topological polar surface area (TPSA) is 38.1 Å². The number of hydrogen-bond donors (Lipinski definition) is 1. The van der Waals surface area contributed by atoms with Gasteiger partial charge in [-0.15, -0.1) is 0 Å². The molecule has 15 heavy (non-hydrogen) atoms. The molecule has 3 heteroatoms. The van der Waals surface area contributed by atoms with Crippen molar-refractivity contribution in [2.45, 2.75) is 18.8 Å². The number of nitrogens with zero attached hydrogens (tertiary/aromatic N) is 1. The highest BCUT2D eigenvalue weighted by atomic mass is 16.3. The molecule has 0 aliphatic carbocycles. The van der Waals surface area contributed by atoms with Gasteiger partial charge in [-0.25, -0.2) is 4.98 Å². The Morgan fingerprint density at radius 1 is 1.33 bits per heavy atom. The summed E-state index contributed by atoms with van der Waals surface area (Å²) in [5.74, 6) is 1.34. The van der Waals surface area contributed by atoms with Gasteiger partial charge in [0.15, 0.2) is 11.5 Å². The fourth-order valence-corrected chi connectivity index (χ4v) is 2.13. The molecule has 1 atom stereocenters. The summed E-state index contributed by atoms with van der Waals surface area (Å²) in [6.07, 6.45) is 2.39. The SMILES string of the molecule is c1ccc2oc([C@H]3CCCNC3)nc2c1. The van der Waals surface area contributed by atoms with E-state index in [2.05, 4.69) is 10.3 Å². The number of para-hydroxylation sites is 2. The Morgan fingerprint density at radius 3 is 3.07 bits per heavy atom. The predicted octanol–water partition coefficient (Wildman–Crippen LogP) is 2.29. The van der Waals surface area contributed by atoms with E-state index in [-0.39, 0.29) is 0 Å². The fourth-order valence-electron chi connectivity index (χ4n) is 2.13. The van der Waals surface area contributed by atoms with Crippen molar-refractivity contribution in [3.05, 3.63) is 30.2 Å². The quantitative estimate of drug-likeness (QED) is 0.771. The Kier molecular flexibility index (Phi) is 2.18. The molecule has 1 aromatic carbocycles. The molecule has 1 aromatic heterocycles. The highest BCUT2D eigenvalue weighted by Crippen LogP contribution is 2.25. The van der Waals surface area contributed by atoms with Gasteiger partial charge in [0.25, 0.3) is 0 Å². The summed E-state index contributed by atoms with van der Waals surface area (Å²) in [4.78, 5) is 4.53. The van der Waals surface area contributed by atoms with Crippen LogP contribution in [0.1, 0.15) is 24.7 Å². The summed E-state index contributed by atoms with van der Waals surface area (Å²) in [5.41, 5.74) is 1.87. The first-order chi connectivity index (χ1) is 7.43. The Labute approximate surface area is 88.5 Å². The minimum Gasteiger partial charge on any atom is -0.440 e. The minimum atomic E-state index is 0.450. The van der Waals surface area contributed by atoms with Crippen LogP contribution in [0.5, 0.6) is 0 Å². The van der Waals surface area contributed by atoms with E-state index in [9.17, 15) is 0 Å². The molecule has 3 nitrogen and oxygen atoms in total. The number of fused-ring (bicyclic) bond motifs is 1. The first-order valence-corrected chi connectivity index (χ1v) is 5.50. The number of benzene rings is 1. The van der Waals surface area contributed by atoms with Crippen LogP contribution in [0.15, 0.2) is 28.7 Å². The fraction of sp³-hybridized carbons (Fsp3) is 0.417. The van der Waals surface area contributed by atoms with E-state index in [1.54, 1.807) is 0 Å². The molecule has 2 heterocycles. The van der Waals surface area contributed by atoms with Crippen LogP contribution in [0.4, 0.5) is 0 Å². The van der Waals surface area contributed by atoms with E-state index in [4.69, 9.17) is 4.42 Å². The second-order valence-corrected chi connectivity index (χ2v) is 4.06. The van der Waals surface area contributed by atoms with Gasteiger partial charge in [0, 0.05) is 12.5 Å². The van der Waals surface area contributed by atoms with Gasteiger partial charge in [0.1, 0.15) is 5.52 Å². The van der Waals surface area contributed by atoms with E-state index >= 15 is 0 Å². The van der Waals surface area contributed by atoms with Gasteiger partial charge in [-0.3, -0.25) is 0 Å². The minimum absolute atomic E-state index is 0.450. The van der Waals surface area contributed by atoms with Crippen molar-refractivity contribution < 1.29 is 4.42 Å². The lowest BCUT2D eigenvalue weighted by atomic mass is 10.00. The Hall–Kier alpha value is -1.35. The molecule has 1 N–H and O–H groups in total. The number of nitrogens with one attached hydrogen (secondary N) is 1. The van der Waals surface area contributed by atoms with Crippen molar-refractivity contribution in [2.24, 2.45) is 0 Å². The van der Waals surface area contributed by atoms with Crippen molar-refractivity contribution in [1.82, 2.24) is 10.3 Å². The third-order valence-corrected chi connectivity index (χ3v) is 2.96. The maximum Gasteiger partial charge on any atom is 0.199 e. The highest BCUT2D eigenvalue weighted by molar-refractivity contribution is 5.72. The molecule has 0 saturated carbocycles. The van der Waals surface area contributed by atoms with E-state index in [1.807, 2.05) is 24.3 Å². The molecule has 78 valence electrons. The van der Waals surface area contributed by atoms with Gasteiger partial charge in [-0.05, 0) is 31.5 Å². The molecule has 3 rings (SSSR count). The lowest BCUT2D eigenvalue weighted by molar-refractivity contribution is 0.387. The van der Waals surface area contributed by atoms with Crippen LogP contribution >= 0.6 is 0 Å². The van der Waals surface area contributed by atoms with Gasteiger partial charge >= 0.3 is 0 Å². The average molecular weight is 202 g/mol. The predicted molar refractivity (Wildman–Crippen MR) is 58.9 cm³/mol. The first-order valence-electron chi connectivity index (χ1n) is 5.50. The molecule has 1 saturated heterocycles. The molecule has 0 bridgehead atoms. The van der Waals surface area contributed by atoms with Gasteiger partial charge in [0.2, 0.25) is 0 Å². The molecular formula is C12H14N2O. The zero-order valence-electron chi connectivity index (χ0n) is 8.57. The molecule has 0 unspecified atom stereocenters. The van der Waals surface area contributed by atoms with Crippen LogP contribution in [0, 0.1) is 0 Å². The lowest BCUT2D eigenvalue weighted by Crippen LogP contribution is -2.28. The lowest BCUT2D eigenvalue weighted by Gasteiger charge is -2.19. The Morgan fingerprint density at radius 2 is 2.27 bits per heavy atom. The number of oxazole rings is 1. The van der Waals surface area contributed by atoms with E-state index < -0.39 is 0 Å². The highest BCUT2D eigenvalue weighted by Gasteiger charge is 2.20. The summed E-state index contributed by atoms with van der Waals surface area (Å²) in [6, 6.07) is 7.95. The smallest absolute Gasteiger partial charge is 0.199 e. The second kappa shape index (κ2) is 3.66. The maximum absolute atomic E-state index is 5.76. The van der Waals surface area contributed by atoms with Crippen molar-refractivity contribution >= 4 is 11.1 Å². The van der Waals surface area contributed by atoms with Crippen molar-refractivity contribution in [2.75, 3.05) is 13.1 Å². The summed E-state index contributed by atoms with van der Waals surface area (Å²) in [6.45, 7) is 2.11. The largest absolute Gasteiger partial charge is 0.440 e.